The molecule has 2 aromatic heterocycles. The Morgan fingerprint density at radius 3 is 2.52 bits per heavy atom. The molecule has 148 valence electrons. The molecule has 1 fully saturated rings. The van der Waals surface area contributed by atoms with Gasteiger partial charge in [-0.15, -0.1) is 0 Å². The van der Waals surface area contributed by atoms with Crippen molar-refractivity contribution in [2.75, 3.05) is 18.8 Å². The van der Waals surface area contributed by atoms with Crippen molar-refractivity contribution in [3.05, 3.63) is 65.4 Å². The average molecular weight is 390 g/mol. The largest absolute Gasteiger partial charge is 0.383 e. The molecule has 0 radical (unpaired) electrons. The maximum absolute atomic E-state index is 13.0. The molecule has 8 nitrogen and oxygen atoms in total. The van der Waals surface area contributed by atoms with Crippen LogP contribution in [0.25, 0.3) is 5.69 Å². The van der Waals surface area contributed by atoms with Crippen LogP contribution in [0.2, 0.25) is 0 Å². The number of carbonyl (C=O) groups excluding carboxylic acids is 2. The minimum absolute atomic E-state index is 0.0915. The highest BCUT2D eigenvalue weighted by Crippen LogP contribution is 2.26. The van der Waals surface area contributed by atoms with Crippen LogP contribution in [0.3, 0.4) is 0 Å². The van der Waals surface area contributed by atoms with Gasteiger partial charge in [-0.25, -0.2) is 9.67 Å². The van der Waals surface area contributed by atoms with E-state index >= 15 is 0 Å². The van der Waals surface area contributed by atoms with Crippen molar-refractivity contribution in [3.8, 4) is 5.69 Å². The number of ketones is 1. The molecule has 0 unspecified atom stereocenters. The molecule has 0 bridgehead atoms. The van der Waals surface area contributed by atoms with Gasteiger partial charge in [-0.3, -0.25) is 14.6 Å². The number of likely N-dealkylation sites (tertiary alicyclic amines) is 1. The first kappa shape index (κ1) is 18.8. The van der Waals surface area contributed by atoms with Gasteiger partial charge in [0.2, 0.25) is 0 Å². The number of Topliss-reactive ketones (excluding diaryl/α,β-unsaturated/α-hetero) is 1. The first-order valence-corrected chi connectivity index (χ1v) is 9.46. The number of nitrogen functional groups attached to an aromatic ring is 1. The van der Waals surface area contributed by atoms with Crippen molar-refractivity contribution in [3.63, 3.8) is 0 Å². The van der Waals surface area contributed by atoms with Crippen molar-refractivity contribution in [2.24, 2.45) is 5.92 Å². The number of nitrogens with two attached hydrogens (primary N) is 1. The summed E-state index contributed by atoms with van der Waals surface area (Å²) < 4.78 is 1.56. The fourth-order valence-electron chi connectivity index (χ4n) is 3.48. The molecule has 0 aliphatic carbocycles. The molecule has 4 rings (SSSR count). The van der Waals surface area contributed by atoms with E-state index < -0.39 is 0 Å². The lowest BCUT2D eigenvalue weighted by atomic mass is 9.98. The fourth-order valence-corrected chi connectivity index (χ4v) is 3.48. The van der Waals surface area contributed by atoms with Crippen LogP contribution >= 0.6 is 0 Å². The highest BCUT2D eigenvalue weighted by atomic mass is 16.2. The van der Waals surface area contributed by atoms with E-state index in [0.717, 1.165) is 16.9 Å². The molecule has 0 spiro atoms. The third kappa shape index (κ3) is 3.61. The van der Waals surface area contributed by atoms with Crippen LogP contribution in [0.5, 0.6) is 0 Å². The van der Waals surface area contributed by atoms with E-state index in [1.165, 1.54) is 12.4 Å². The molecule has 1 aliphatic heterocycles. The average Bonchev–Trinajstić information content (AvgIpc) is 3.36. The molecule has 1 aliphatic rings. The summed E-state index contributed by atoms with van der Waals surface area (Å²) in [6.07, 6.45) is 5.12. The molecule has 2 N–H and O–H groups in total. The molecule has 0 saturated carbocycles. The Morgan fingerprint density at radius 2 is 1.83 bits per heavy atom. The van der Waals surface area contributed by atoms with E-state index in [0.29, 0.717) is 30.9 Å². The summed E-state index contributed by atoms with van der Waals surface area (Å²) in [4.78, 5) is 35.5. The smallest absolute Gasteiger partial charge is 0.274 e. The van der Waals surface area contributed by atoms with Crippen LogP contribution in [0.15, 0.2) is 42.9 Å². The van der Waals surface area contributed by atoms with Gasteiger partial charge in [0.1, 0.15) is 11.5 Å². The second-order valence-electron chi connectivity index (χ2n) is 7.33. The summed E-state index contributed by atoms with van der Waals surface area (Å²) in [5.74, 6) is -0.300. The van der Waals surface area contributed by atoms with Gasteiger partial charge in [-0.05, 0) is 32.4 Å². The number of aryl methyl sites for hydroxylation is 2. The number of nitrogens with zero attached hydrogens (tertiary/aromatic N) is 5. The van der Waals surface area contributed by atoms with Crippen molar-refractivity contribution < 1.29 is 9.59 Å². The Morgan fingerprint density at radius 1 is 1.07 bits per heavy atom. The van der Waals surface area contributed by atoms with Crippen LogP contribution < -0.4 is 5.73 Å². The number of aromatic nitrogens is 4. The number of anilines is 1. The van der Waals surface area contributed by atoms with Gasteiger partial charge in [0.05, 0.1) is 29.3 Å². The summed E-state index contributed by atoms with van der Waals surface area (Å²) >= 11 is 0. The van der Waals surface area contributed by atoms with E-state index in [9.17, 15) is 9.59 Å². The van der Waals surface area contributed by atoms with Gasteiger partial charge in [-0.1, -0.05) is 17.7 Å². The monoisotopic (exact) mass is 390 g/mol. The third-order valence-electron chi connectivity index (χ3n) is 5.20. The Balaban J connectivity index is 1.49. The molecule has 29 heavy (non-hydrogen) atoms. The second-order valence-corrected chi connectivity index (χ2v) is 7.33. The van der Waals surface area contributed by atoms with Crippen LogP contribution in [-0.4, -0.2) is 49.4 Å². The number of hydrogen-bond acceptors (Lipinski definition) is 6. The SMILES string of the molecule is Cc1ccc(-n2ncc(C(=O)[C@H]3CCN(C(=O)c4cnc(C)cn4)C3)c2N)cc1. The van der Waals surface area contributed by atoms with E-state index in [1.54, 1.807) is 15.8 Å². The zero-order valence-corrected chi connectivity index (χ0v) is 16.4. The topological polar surface area (TPSA) is 107 Å². The van der Waals surface area contributed by atoms with Crippen molar-refractivity contribution in [1.29, 1.82) is 0 Å². The van der Waals surface area contributed by atoms with E-state index in [4.69, 9.17) is 5.73 Å². The Kier molecular flexibility index (Phi) is 4.84. The zero-order chi connectivity index (χ0) is 20.5. The normalized spacial score (nSPS) is 16.2. The fraction of sp³-hybridized carbons (Fsp3) is 0.286. The number of hydrogen-bond donors (Lipinski definition) is 1. The van der Waals surface area contributed by atoms with E-state index in [-0.39, 0.29) is 23.3 Å². The second kappa shape index (κ2) is 7.46. The van der Waals surface area contributed by atoms with Crippen molar-refractivity contribution in [2.45, 2.75) is 20.3 Å². The van der Waals surface area contributed by atoms with Crippen LogP contribution in [-0.2, 0) is 0 Å². The molecular weight excluding hydrogens is 368 g/mol. The molecule has 8 heteroatoms. The molecular formula is C21H22N6O2. The lowest BCUT2D eigenvalue weighted by Crippen LogP contribution is -2.30. The molecule has 1 atom stereocenters. The summed E-state index contributed by atoms with van der Waals surface area (Å²) in [5.41, 5.74) is 9.57. The quantitative estimate of drug-likeness (QED) is 0.685. The zero-order valence-electron chi connectivity index (χ0n) is 16.4. The van der Waals surface area contributed by atoms with Crippen LogP contribution in [0.4, 0.5) is 5.82 Å². The van der Waals surface area contributed by atoms with Gasteiger partial charge in [0.25, 0.3) is 5.91 Å². The summed E-state index contributed by atoms with van der Waals surface area (Å²) in [6.45, 7) is 4.65. The van der Waals surface area contributed by atoms with Crippen molar-refractivity contribution >= 4 is 17.5 Å². The number of benzene rings is 1. The first-order valence-electron chi connectivity index (χ1n) is 9.46. The minimum atomic E-state index is -0.310. The minimum Gasteiger partial charge on any atom is -0.383 e. The van der Waals surface area contributed by atoms with Gasteiger partial charge in [0, 0.05) is 25.2 Å². The lowest BCUT2D eigenvalue weighted by Gasteiger charge is -2.15. The molecule has 1 aromatic carbocycles. The van der Waals surface area contributed by atoms with Gasteiger partial charge in [0.15, 0.2) is 5.78 Å². The highest BCUT2D eigenvalue weighted by molar-refractivity contribution is 6.02. The maximum Gasteiger partial charge on any atom is 0.274 e. The molecule has 3 aromatic rings. The van der Waals surface area contributed by atoms with Crippen molar-refractivity contribution in [1.82, 2.24) is 24.6 Å². The molecule has 1 saturated heterocycles. The summed E-state index contributed by atoms with van der Waals surface area (Å²) in [7, 11) is 0. The molecule has 1 amide bonds. The Labute approximate surface area is 168 Å². The third-order valence-corrected chi connectivity index (χ3v) is 5.20. The van der Waals surface area contributed by atoms with Gasteiger partial charge >= 0.3 is 0 Å². The van der Waals surface area contributed by atoms with E-state index in [1.807, 2.05) is 38.1 Å². The number of carbonyl (C=O) groups is 2. The van der Waals surface area contributed by atoms with Gasteiger partial charge in [-0.2, -0.15) is 5.10 Å². The highest BCUT2D eigenvalue weighted by Gasteiger charge is 2.34. The van der Waals surface area contributed by atoms with Crippen LogP contribution in [0, 0.1) is 19.8 Å². The lowest BCUT2D eigenvalue weighted by molar-refractivity contribution is 0.0774. The first-order chi connectivity index (χ1) is 13.9. The standard InChI is InChI=1S/C21H22N6O2/c1-13-3-5-16(6-4-13)27-20(22)17(10-25-27)19(28)15-7-8-26(12-15)21(29)18-11-23-14(2)9-24-18/h3-6,9-11,15H,7-8,12,22H2,1-2H3/t15-/m0/s1. The Hall–Kier alpha value is -3.55. The predicted molar refractivity (Wildman–Crippen MR) is 108 cm³/mol. The Bertz CT molecular complexity index is 1060. The summed E-state index contributed by atoms with van der Waals surface area (Å²) in [5, 5.41) is 4.29. The predicted octanol–water partition coefficient (Wildman–Crippen LogP) is 2.21. The summed E-state index contributed by atoms with van der Waals surface area (Å²) in [6, 6.07) is 7.75. The van der Waals surface area contributed by atoms with Crippen LogP contribution in [0.1, 0.15) is 38.5 Å². The van der Waals surface area contributed by atoms with Gasteiger partial charge < -0.3 is 10.6 Å². The number of amides is 1. The van der Waals surface area contributed by atoms with E-state index in [2.05, 4.69) is 15.1 Å². The molecule has 3 heterocycles. The maximum atomic E-state index is 13.0. The number of rotatable bonds is 4.